The maximum atomic E-state index is 14.7. The second-order valence-electron chi connectivity index (χ2n) is 12.5. The maximum Gasteiger partial charge on any atom is 0.264 e. The molecule has 0 bridgehead atoms. The van der Waals surface area contributed by atoms with E-state index in [2.05, 4.69) is 5.32 Å². The summed E-state index contributed by atoms with van der Waals surface area (Å²) in [5.74, 6) is -0.940. The number of aryl methyl sites for hydroxylation is 2. The second-order valence-corrected chi connectivity index (χ2v) is 15.2. The zero-order chi connectivity index (χ0) is 34.4. The molecule has 4 aromatic rings. The van der Waals surface area contributed by atoms with Crippen LogP contribution in [0.25, 0.3) is 0 Å². The van der Waals surface area contributed by atoms with Crippen LogP contribution in [0.5, 0.6) is 0 Å². The number of anilines is 1. The van der Waals surface area contributed by atoms with Gasteiger partial charge in [0, 0.05) is 28.5 Å². The first-order valence-corrected chi connectivity index (χ1v) is 17.7. The Labute approximate surface area is 288 Å². The fourth-order valence-electron chi connectivity index (χ4n) is 5.24. The molecule has 0 saturated carbocycles. The van der Waals surface area contributed by atoms with Crippen LogP contribution in [0.3, 0.4) is 0 Å². The van der Waals surface area contributed by atoms with Crippen LogP contribution in [0.4, 0.5) is 5.69 Å². The number of benzene rings is 4. The van der Waals surface area contributed by atoms with Crippen molar-refractivity contribution in [3.63, 3.8) is 0 Å². The lowest BCUT2D eigenvalue weighted by Crippen LogP contribution is -2.56. The summed E-state index contributed by atoms with van der Waals surface area (Å²) in [5, 5.41) is 3.78. The van der Waals surface area contributed by atoms with Crippen LogP contribution in [-0.2, 0) is 39.0 Å². The lowest BCUT2D eigenvalue weighted by atomic mass is 10.0. The Morgan fingerprint density at radius 2 is 1.49 bits per heavy atom. The quantitative estimate of drug-likeness (QED) is 0.165. The van der Waals surface area contributed by atoms with Crippen molar-refractivity contribution in [1.29, 1.82) is 0 Å². The van der Waals surface area contributed by atoms with Crippen molar-refractivity contribution in [1.82, 2.24) is 10.2 Å². The maximum absolute atomic E-state index is 14.7. The Morgan fingerprint density at radius 3 is 2.11 bits per heavy atom. The van der Waals surface area contributed by atoms with Gasteiger partial charge in [-0.25, -0.2) is 8.42 Å². The molecule has 0 aliphatic heterocycles. The average Bonchev–Trinajstić information content (AvgIpc) is 3.02. The molecule has 0 aliphatic carbocycles. The zero-order valence-corrected chi connectivity index (χ0v) is 29.7. The van der Waals surface area contributed by atoms with Crippen molar-refractivity contribution in [2.75, 3.05) is 10.8 Å². The molecule has 0 fully saturated rings. The highest BCUT2D eigenvalue weighted by Crippen LogP contribution is 2.30. The normalized spacial score (nSPS) is 12.3. The minimum Gasteiger partial charge on any atom is -0.350 e. The Bertz CT molecular complexity index is 1810. The fourth-order valence-corrected chi connectivity index (χ4v) is 7.16. The van der Waals surface area contributed by atoms with E-state index >= 15 is 0 Å². The van der Waals surface area contributed by atoms with Crippen molar-refractivity contribution in [3.05, 3.63) is 129 Å². The molecular formula is C37H41Cl2N3O4S. The van der Waals surface area contributed by atoms with Gasteiger partial charge >= 0.3 is 0 Å². The predicted octanol–water partition coefficient (Wildman–Crippen LogP) is 7.61. The third kappa shape index (κ3) is 9.37. The first-order chi connectivity index (χ1) is 22.2. The largest absolute Gasteiger partial charge is 0.350 e. The number of hydrogen-bond donors (Lipinski definition) is 1. The van der Waals surface area contributed by atoms with Gasteiger partial charge in [-0.3, -0.25) is 13.9 Å². The van der Waals surface area contributed by atoms with E-state index in [0.29, 0.717) is 27.7 Å². The Morgan fingerprint density at radius 1 is 0.851 bits per heavy atom. The number of carbonyl (C=O) groups excluding carboxylic acids is 2. The first-order valence-electron chi connectivity index (χ1n) is 15.5. The van der Waals surface area contributed by atoms with E-state index in [4.69, 9.17) is 23.2 Å². The van der Waals surface area contributed by atoms with Crippen molar-refractivity contribution in [2.45, 2.75) is 70.5 Å². The van der Waals surface area contributed by atoms with Crippen LogP contribution in [0.2, 0.25) is 10.0 Å². The number of carbonyl (C=O) groups is 2. The Kier molecular flexibility index (Phi) is 11.8. The topological polar surface area (TPSA) is 86.8 Å². The summed E-state index contributed by atoms with van der Waals surface area (Å²) in [6.45, 7) is 8.79. The van der Waals surface area contributed by atoms with E-state index in [0.717, 1.165) is 21.0 Å². The van der Waals surface area contributed by atoms with Crippen LogP contribution < -0.4 is 9.62 Å². The molecule has 10 heteroatoms. The molecule has 0 heterocycles. The molecule has 0 unspecified atom stereocenters. The third-order valence-electron chi connectivity index (χ3n) is 7.65. The number of sulfonamides is 1. The average molecular weight is 695 g/mol. The standard InChI is InChI=1S/C37H41Cl2N3O4S/c1-6-28-14-10-11-15-33(28)42(47(45,46)31-20-16-26(2)17-21-31)25-35(43)41(24-29-18-19-30(38)23-32(29)39)34(36(44)40-37(3,4)5)22-27-12-8-7-9-13-27/h7-21,23,34H,6,22,24-25H2,1-5H3,(H,40,44)/t34-/m0/s1. The summed E-state index contributed by atoms with van der Waals surface area (Å²) in [4.78, 5) is 30.2. The van der Waals surface area contributed by atoms with Gasteiger partial charge < -0.3 is 10.2 Å². The summed E-state index contributed by atoms with van der Waals surface area (Å²) in [6, 6.07) is 27.0. The molecule has 2 amide bonds. The smallest absolute Gasteiger partial charge is 0.264 e. The number of para-hydroxylation sites is 1. The molecule has 248 valence electrons. The van der Waals surface area contributed by atoms with Gasteiger partial charge in [0.25, 0.3) is 10.0 Å². The van der Waals surface area contributed by atoms with Gasteiger partial charge in [-0.15, -0.1) is 0 Å². The van der Waals surface area contributed by atoms with Crippen molar-refractivity contribution < 1.29 is 18.0 Å². The van der Waals surface area contributed by atoms with Crippen molar-refractivity contribution >= 4 is 50.7 Å². The number of amides is 2. The van der Waals surface area contributed by atoms with Crippen LogP contribution in [-0.4, -0.2) is 43.3 Å². The van der Waals surface area contributed by atoms with Gasteiger partial charge in [0.05, 0.1) is 10.6 Å². The van der Waals surface area contributed by atoms with Gasteiger partial charge in [-0.1, -0.05) is 102 Å². The summed E-state index contributed by atoms with van der Waals surface area (Å²) >= 11 is 12.8. The van der Waals surface area contributed by atoms with Crippen molar-refractivity contribution in [3.8, 4) is 0 Å². The Hall–Kier alpha value is -3.85. The van der Waals surface area contributed by atoms with Crippen LogP contribution in [0.1, 0.15) is 49.9 Å². The van der Waals surface area contributed by atoms with Crippen molar-refractivity contribution in [2.24, 2.45) is 0 Å². The lowest BCUT2D eigenvalue weighted by molar-refractivity contribution is -0.140. The highest BCUT2D eigenvalue weighted by Gasteiger charge is 2.36. The van der Waals surface area contributed by atoms with E-state index in [1.807, 2.05) is 77.1 Å². The molecule has 47 heavy (non-hydrogen) atoms. The molecule has 0 saturated heterocycles. The number of rotatable bonds is 12. The van der Waals surface area contributed by atoms with Gasteiger partial charge in [-0.2, -0.15) is 0 Å². The molecule has 0 radical (unpaired) electrons. The minimum absolute atomic E-state index is 0.0559. The van der Waals surface area contributed by atoms with E-state index in [-0.39, 0.29) is 23.8 Å². The molecule has 0 spiro atoms. The number of hydrogen-bond acceptors (Lipinski definition) is 4. The molecular weight excluding hydrogens is 653 g/mol. The highest BCUT2D eigenvalue weighted by molar-refractivity contribution is 7.92. The summed E-state index contributed by atoms with van der Waals surface area (Å²) in [7, 11) is -4.21. The van der Waals surface area contributed by atoms with E-state index < -0.39 is 34.1 Å². The monoisotopic (exact) mass is 693 g/mol. The molecule has 4 rings (SSSR count). The molecule has 0 aromatic heterocycles. The summed E-state index contributed by atoms with van der Waals surface area (Å²) < 4.78 is 29.8. The highest BCUT2D eigenvalue weighted by atomic mass is 35.5. The van der Waals surface area contributed by atoms with Crippen LogP contribution in [0.15, 0.2) is 102 Å². The second kappa shape index (κ2) is 15.4. The SMILES string of the molecule is CCc1ccccc1N(CC(=O)N(Cc1ccc(Cl)cc1Cl)[C@@H](Cc1ccccc1)C(=O)NC(C)(C)C)S(=O)(=O)c1ccc(C)cc1. The molecule has 4 aromatic carbocycles. The predicted molar refractivity (Wildman–Crippen MR) is 190 cm³/mol. The molecule has 0 aliphatic rings. The van der Waals surface area contributed by atoms with Crippen LogP contribution >= 0.6 is 23.2 Å². The van der Waals surface area contributed by atoms with Crippen LogP contribution in [0, 0.1) is 6.92 Å². The lowest BCUT2D eigenvalue weighted by Gasteiger charge is -2.35. The van der Waals surface area contributed by atoms with Gasteiger partial charge in [-0.05, 0) is 81.1 Å². The fraction of sp³-hybridized carbons (Fsp3) is 0.297. The number of nitrogens with one attached hydrogen (secondary N) is 1. The van der Waals surface area contributed by atoms with E-state index in [9.17, 15) is 18.0 Å². The Balaban J connectivity index is 1.87. The number of nitrogens with zero attached hydrogens (tertiary/aromatic N) is 2. The number of halogens is 2. The third-order valence-corrected chi connectivity index (χ3v) is 10.0. The van der Waals surface area contributed by atoms with Gasteiger partial charge in [0.2, 0.25) is 11.8 Å². The van der Waals surface area contributed by atoms with E-state index in [1.165, 1.54) is 17.0 Å². The first kappa shape index (κ1) is 36.0. The minimum atomic E-state index is -4.21. The molecule has 1 atom stereocenters. The molecule has 7 nitrogen and oxygen atoms in total. The summed E-state index contributed by atoms with van der Waals surface area (Å²) in [5.41, 5.74) is 2.86. The summed E-state index contributed by atoms with van der Waals surface area (Å²) in [6.07, 6.45) is 0.731. The molecule has 1 N–H and O–H groups in total. The zero-order valence-electron chi connectivity index (χ0n) is 27.3. The van der Waals surface area contributed by atoms with Gasteiger partial charge in [0.1, 0.15) is 12.6 Å². The van der Waals surface area contributed by atoms with Gasteiger partial charge in [0.15, 0.2) is 0 Å². The van der Waals surface area contributed by atoms with E-state index in [1.54, 1.807) is 42.5 Å².